The number of hydrogen-bond donors (Lipinski definition) is 1. The standard InChI is InChI=1S/C17H16Cl2N2O2/c1-11-4-3-5-14(8-11)21(12(2)22)10-17(23)20-16-9-13(18)6-7-15(16)19/h3-9H,10H2,1-2H3,(H,20,23). The van der Waals surface area contributed by atoms with Gasteiger partial charge in [-0.1, -0.05) is 35.3 Å². The molecule has 23 heavy (non-hydrogen) atoms. The zero-order chi connectivity index (χ0) is 17.0. The lowest BCUT2D eigenvalue weighted by Gasteiger charge is -2.21. The monoisotopic (exact) mass is 350 g/mol. The first-order valence-corrected chi connectivity index (χ1v) is 7.72. The Labute approximate surface area is 145 Å². The van der Waals surface area contributed by atoms with E-state index in [-0.39, 0.29) is 18.4 Å². The fourth-order valence-electron chi connectivity index (χ4n) is 2.11. The average molecular weight is 351 g/mol. The predicted molar refractivity (Wildman–Crippen MR) is 94.3 cm³/mol. The molecule has 0 aliphatic carbocycles. The normalized spacial score (nSPS) is 10.3. The van der Waals surface area contributed by atoms with Crippen LogP contribution in [0.1, 0.15) is 12.5 Å². The van der Waals surface area contributed by atoms with Gasteiger partial charge in [0.15, 0.2) is 0 Å². The molecule has 2 aromatic carbocycles. The molecular weight excluding hydrogens is 335 g/mol. The van der Waals surface area contributed by atoms with Gasteiger partial charge >= 0.3 is 0 Å². The van der Waals surface area contributed by atoms with Crippen molar-refractivity contribution < 1.29 is 9.59 Å². The van der Waals surface area contributed by atoms with Crippen LogP contribution in [-0.2, 0) is 9.59 Å². The van der Waals surface area contributed by atoms with Gasteiger partial charge in [-0.05, 0) is 42.8 Å². The number of halogens is 2. The maximum absolute atomic E-state index is 12.2. The zero-order valence-corrected chi connectivity index (χ0v) is 14.3. The van der Waals surface area contributed by atoms with E-state index in [2.05, 4.69) is 5.32 Å². The summed E-state index contributed by atoms with van der Waals surface area (Å²) in [4.78, 5) is 25.5. The highest BCUT2D eigenvalue weighted by Crippen LogP contribution is 2.25. The molecule has 0 saturated carbocycles. The molecule has 0 aromatic heterocycles. The topological polar surface area (TPSA) is 49.4 Å². The van der Waals surface area contributed by atoms with Gasteiger partial charge in [-0.25, -0.2) is 0 Å². The third-order valence-corrected chi connectivity index (χ3v) is 3.76. The summed E-state index contributed by atoms with van der Waals surface area (Å²) in [7, 11) is 0. The van der Waals surface area contributed by atoms with Gasteiger partial charge in [0.25, 0.3) is 0 Å². The summed E-state index contributed by atoms with van der Waals surface area (Å²) < 4.78 is 0. The van der Waals surface area contributed by atoms with Gasteiger partial charge in [0.05, 0.1) is 10.7 Å². The number of nitrogens with zero attached hydrogens (tertiary/aromatic N) is 1. The van der Waals surface area contributed by atoms with Gasteiger partial charge in [0.1, 0.15) is 6.54 Å². The smallest absolute Gasteiger partial charge is 0.244 e. The first kappa shape index (κ1) is 17.3. The number of carbonyl (C=O) groups is 2. The number of amides is 2. The van der Waals surface area contributed by atoms with E-state index in [0.29, 0.717) is 21.4 Å². The van der Waals surface area contributed by atoms with Crippen molar-refractivity contribution in [1.82, 2.24) is 0 Å². The molecule has 0 aliphatic rings. The summed E-state index contributed by atoms with van der Waals surface area (Å²) >= 11 is 11.9. The van der Waals surface area contributed by atoms with Gasteiger partial charge in [-0.3, -0.25) is 9.59 Å². The van der Waals surface area contributed by atoms with Crippen molar-refractivity contribution in [2.75, 3.05) is 16.8 Å². The second-order valence-electron chi connectivity index (χ2n) is 5.12. The van der Waals surface area contributed by atoms with E-state index >= 15 is 0 Å². The maximum Gasteiger partial charge on any atom is 0.244 e. The third kappa shape index (κ3) is 4.71. The van der Waals surface area contributed by atoms with E-state index in [1.807, 2.05) is 25.1 Å². The number of benzene rings is 2. The highest BCUT2D eigenvalue weighted by molar-refractivity contribution is 6.35. The Balaban J connectivity index is 2.15. The molecule has 0 bridgehead atoms. The third-order valence-electron chi connectivity index (χ3n) is 3.20. The number of rotatable bonds is 4. The fourth-order valence-corrected chi connectivity index (χ4v) is 2.44. The number of hydrogen-bond acceptors (Lipinski definition) is 2. The largest absolute Gasteiger partial charge is 0.323 e. The number of anilines is 2. The Morgan fingerprint density at radius 2 is 1.87 bits per heavy atom. The fraction of sp³-hybridized carbons (Fsp3) is 0.176. The average Bonchev–Trinajstić information content (AvgIpc) is 2.48. The van der Waals surface area contributed by atoms with Crippen molar-refractivity contribution in [3.05, 3.63) is 58.1 Å². The van der Waals surface area contributed by atoms with Gasteiger partial charge in [0.2, 0.25) is 11.8 Å². The molecule has 0 spiro atoms. The molecule has 1 N–H and O–H groups in total. The summed E-state index contributed by atoms with van der Waals surface area (Å²) in [6.07, 6.45) is 0. The molecule has 0 atom stereocenters. The van der Waals surface area contributed by atoms with Crippen LogP contribution in [0, 0.1) is 6.92 Å². The molecule has 2 rings (SSSR count). The van der Waals surface area contributed by atoms with Crippen molar-refractivity contribution in [3.8, 4) is 0 Å². The van der Waals surface area contributed by atoms with Crippen LogP contribution in [0.2, 0.25) is 10.0 Å². The Morgan fingerprint density at radius 3 is 2.52 bits per heavy atom. The van der Waals surface area contributed by atoms with Crippen molar-refractivity contribution in [2.24, 2.45) is 0 Å². The van der Waals surface area contributed by atoms with Crippen molar-refractivity contribution in [3.63, 3.8) is 0 Å². The van der Waals surface area contributed by atoms with E-state index in [1.165, 1.54) is 11.8 Å². The maximum atomic E-state index is 12.2. The molecule has 0 fully saturated rings. The highest BCUT2D eigenvalue weighted by Gasteiger charge is 2.16. The molecule has 2 amide bonds. The van der Waals surface area contributed by atoms with E-state index in [0.717, 1.165) is 5.56 Å². The summed E-state index contributed by atoms with van der Waals surface area (Å²) in [5, 5.41) is 3.52. The van der Waals surface area contributed by atoms with Crippen LogP contribution in [0.15, 0.2) is 42.5 Å². The highest BCUT2D eigenvalue weighted by atomic mass is 35.5. The molecule has 0 radical (unpaired) electrons. The molecule has 0 saturated heterocycles. The minimum absolute atomic E-state index is 0.109. The second kappa shape index (κ2) is 7.49. The first-order valence-electron chi connectivity index (χ1n) is 6.96. The van der Waals surface area contributed by atoms with Crippen LogP contribution in [0.25, 0.3) is 0 Å². The number of aryl methyl sites for hydroxylation is 1. The Bertz CT molecular complexity index is 747. The Morgan fingerprint density at radius 1 is 1.13 bits per heavy atom. The summed E-state index contributed by atoms with van der Waals surface area (Å²) in [6.45, 7) is 3.23. The SMILES string of the molecule is CC(=O)N(CC(=O)Nc1cc(Cl)ccc1Cl)c1cccc(C)c1. The molecule has 120 valence electrons. The molecular formula is C17H16Cl2N2O2. The molecule has 0 aliphatic heterocycles. The lowest BCUT2D eigenvalue weighted by atomic mass is 10.2. The van der Waals surface area contributed by atoms with E-state index in [4.69, 9.17) is 23.2 Å². The summed E-state index contributed by atoms with van der Waals surface area (Å²) in [5.41, 5.74) is 2.09. The van der Waals surface area contributed by atoms with Gasteiger partial charge in [0, 0.05) is 17.6 Å². The summed E-state index contributed by atoms with van der Waals surface area (Å²) in [5.74, 6) is -0.575. The lowest BCUT2D eigenvalue weighted by Crippen LogP contribution is -2.36. The summed E-state index contributed by atoms with van der Waals surface area (Å²) in [6, 6.07) is 12.2. The van der Waals surface area contributed by atoms with Gasteiger partial charge in [-0.15, -0.1) is 0 Å². The van der Waals surface area contributed by atoms with Crippen molar-refractivity contribution >= 4 is 46.4 Å². The quantitative estimate of drug-likeness (QED) is 0.893. The van der Waals surface area contributed by atoms with Crippen molar-refractivity contribution in [1.29, 1.82) is 0 Å². The number of carbonyl (C=O) groups excluding carboxylic acids is 2. The second-order valence-corrected chi connectivity index (χ2v) is 5.96. The van der Waals surface area contributed by atoms with Gasteiger partial charge < -0.3 is 10.2 Å². The van der Waals surface area contributed by atoms with Gasteiger partial charge in [-0.2, -0.15) is 0 Å². The van der Waals surface area contributed by atoms with Crippen molar-refractivity contribution in [2.45, 2.75) is 13.8 Å². The van der Waals surface area contributed by atoms with E-state index in [1.54, 1.807) is 24.3 Å². The lowest BCUT2D eigenvalue weighted by molar-refractivity contribution is -0.120. The Hall–Kier alpha value is -2.04. The molecule has 0 heterocycles. The minimum Gasteiger partial charge on any atom is -0.323 e. The number of nitrogens with one attached hydrogen (secondary N) is 1. The van der Waals surface area contributed by atoms with Crippen LogP contribution in [0.3, 0.4) is 0 Å². The minimum atomic E-state index is -0.356. The molecule has 4 nitrogen and oxygen atoms in total. The first-order chi connectivity index (χ1) is 10.9. The van der Waals surface area contributed by atoms with Crippen LogP contribution in [0.4, 0.5) is 11.4 Å². The molecule has 6 heteroatoms. The van der Waals surface area contributed by atoms with Crippen LogP contribution < -0.4 is 10.2 Å². The molecule has 2 aromatic rings. The van der Waals surface area contributed by atoms with Crippen LogP contribution in [0.5, 0.6) is 0 Å². The van der Waals surface area contributed by atoms with E-state index in [9.17, 15) is 9.59 Å². The molecule has 0 unspecified atom stereocenters. The predicted octanol–water partition coefficient (Wildman–Crippen LogP) is 4.29. The zero-order valence-electron chi connectivity index (χ0n) is 12.8. The van der Waals surface area contributed by atoms with Crippen LogP contribution in [-0.4, -0.2) is 18.4 Å². The Kier molecular flexibility index (Phi) is 5.64. The van der Waals surface area contributed by atoms with Crippen LogP contribution >= 0.6 is 23.2 Å². The van der Waals surface area contributed by atoms with E-state index < -0.39 is 0 Å².